The molecule has 0 saturated heterocycles. The van der Waals surface area contributed by atoms with E-state index in [-0.39, 0.29) is 23.4 Å². The highest BCUT2D eigenvalue weighted by molar-refractivity contribution is 7.99. The number of thioether (sulfide) groups is 1. The number of aryl methyl sites for hydroxylation is 1. The molecule has 0 atom stereocenters. The molecule has 31 heavy (non-hydrogen) atoms. The van der Waals surface area contributed by atoms with E-state index in [9.17, 15) is 9.18 Å². The second-order valence-electron chi connectivity index (χ2n) is 6.51. The van der Waals surface area contributed by atoms with Gasteiger partial charge in [0, 0.05) is 5.69 Å². The molecule has 3 rings (SSSR count). The van der Waals surface area contributed by atoms with Crippen molar-refractivity contribution in [3.8, 4) is 5.75 Å². The standard InChI is InChI=1S/C20H22FN7O2S/c1-12-10-16(30-3)8-9-17(12)23-18(29)11-31-20-27-26-19(28(20)22)25-24-13(2)14-4-6-15(21)7-5-14/h4-10H,11,22H2,1-3H3,(H,23,29)(H,25,26)/b24-13+. The van der Waals surface area contributed by atoms with E-state index in [1.807, 2.05) is 13.0 Å². The number of hydrogen-bond donors (Lipinski definition) is 3. The lowest BCUT2D eigenvalue weighted by atomic mass is 10.1. The lowest BCUT2D eigenvalue weighted by Gasteiger charge is -2.09. The first-order chi connectivity index (χ1) is 14.9. The van der Waals surface area contributed by atoms with E-state index < -0.39 is 0 Å². The summed E-state index contributed by atoms with van der Waals surface area (Å²) in [6.45, 7) is 3.65. The lowest BCUT2D eigenvalue weighted by molar-refractivity contribution is -0.113. The summed E-state index contributed by atoms with van der Waals surface area (Å²) in [6, 6.07) is 11.3. The summed E-state index contributed by atoms with van der Waals surface area (Å²) in [7, 11) is 1.59. The summed E-state index contributed by atoms with van der Waals surface area (Å²) in [5.41, 5.74) is 5.68. The average Bonchev–Trinajstić information content (AvgIpc) is 3.11. The summed E-state index contributed by atoms with van der Waals surface area (Å²) >= 11 is 1.14. The van der Waals surface area contributed by atoms with Gasteiger partial charge >= 0.3 is 0 Å². The highest BCUT2D eigenvalue weighted by atomic mass is 32.2. The Kier molecular flexibility index (Phi) is 7.08. The largest absolute Gasteiger partial charge is 0.497 e. The van der Waals surface area contributed by atoms with Crippen molar-refractivity contribution in [2.75, 3.05) is 29.4 Å². The molecule has 0 saturated carbocycles. The van der Waals surface area contributed by atoms with Crippen LogP contribution < -0.4 is 21.3 Å². The quantitative estimate of drug-likeness (QED) is 0.212. The number of nitrogens with two attached hydrogens (primary N) is 1. The fraction of sp³-hybridized carbons (Fsp3) is 0.200. The van der Waals surface area contributed by atoms with E-state index in [2.05, 4.69) is 26.0 Å². The third-order valence-electron chi connectivity index (χ3n) is 4.29. The second kappa shape index (κ2) is 9.94. The molecule has 1 heterocycles. The molecule has 11 heteroatoms. The Hall–Kier alpha value is -3.60. The number of amides is 1. The fourth-order valence-electron chi connectivity index (χ4n) is 2.56. The van der Waals surface area contributed by atoms with E-state index >= 15 is 0 Å². The van der Waals surface area contributed by atoms with Gasteiger partial charge in [-0.25, -0.2) is 14.5 Å². The van der Waals surface area contributed by atoms with Crippen LogP contribution in [0.25, 0.3) is 0 Å². The summed E-state index contributed by atoms with van der Waals surface area (Å²) in [6.07, 6.45) is 0. The van der Waals surface area contributed by atoms with E-state index in [0.29, 0.717) is 16.6 Å². The van der Waals surface area contributed by atoms with Gasteiger partial charge in [-0.3, -0.25) is 4.79 Å². The highest BCUT2D eigenvalue weighted by Gasteiger charge is 2.13. The van der Waals surface area contributed by atoms with Crippen molar-refractivity contribution in [1.82, 2.24) is 14.9 Å². The zero-order chi connectivity index (χ0) is 22.4. The third kappa shape index (κ3) is 5.72. The van der Waals surface area contributed by atoms with Crippen molar-refractivity contribution in [1.29, 1.82) is 0 Å². The molecule has 0 spiro atoms. The first kappa shape index (κ1) is 22.1. The number of ether oxygens (including phenoxy) is 1. The van der Waals surface area contributed by atoms with Gasteiger partial charge in [0.25, 0.3) is 5.95 Å². The predicted molar refractivity (Wildman–Crippen MR) is 119 cm³/mol. The van der Waals surface area contributed by atoms with E-state index in [4.69, 9.17) is 10.6 Å². The average molecular weight is 444 g/mol. The number of carbonyl (C=O) groups is 1. The molecule has 2 aromatic carbocycles. The zero-order valence-corrected chi connectivity index (χ0v) is 18.0. The number of hydrogen-bond acceptors (Lipinski definition) is 8. The summed E-state index contributed by atoms with van der Waals surface area (Å²) < 4.78 is 19.4. The number of carbonyl (C=O) groups excluding carboxylic acids is 1. The van der Waals surface area contributed by atoms with Gasteiger partial charge in [-0.15, -0.1) is 10.2 Å². The molecule has 0 bridgehead atoms. The molecule has 0 aliphatic carbocycles. The van der Waals surface area contributed by atoms with Crippen LogP contribution in [0, 0.1) is 12.7 Å². The predicted octanol–water partition coefficient (Wildman–Crippen LogP) is 3.01. The Morgan fingerprint density at radius 1 is 1.26 bits per heavy atom. The van der Waals surface area contributed by atoms with E-state index in [1.165, 1.54) is 16.8 Å². The van der Waals surface area contributed by atoms with Crippen LogP contribution in [0.2, 0.25) is 0 Å². The number of aromatic nitrogens is 3. The minimum Gasteiger partial charge on any atom is -0.497 e. The zero-order valence-electron chi connectivity index (χ0n) is 17.2. The maximum atomic E-state index is 13.0. The monoisotopic (exact) mass is 443 g/mol. The Morgan fingerprint density at radius 3 is 2.68 bits per heavy atom. The summed E-state index contributed by atoms with van der Waals surface area (Å²) in [4.78, 5) is 12.3. The van der Waals surface area contributed by atoms with Crippen LogP contribution in [0.1, 0.15) is 18.1 Å². The molecule has 1 amide bonds. The van der Waals surface area contributed by atoms with Crippen LogP contribution in [0.15, 0.2) is 52.7 Å². The molecule has 4 N–H and O–H groups in total. The van der Waals surface area contributed by atoms with Crippen LogP contribution in [0.5, 0.6) is 5.75 Å². The molecule has 0 aliphatic heterocycles. The molecule has 0 radical (unpaired) electrons. The number of methoxy groups -OCH3 is 1. The van der Waals surface area contributed by atoms with Gasteiger partial charge in [-0.2, -0.15) is 5.10 Å². The molecule has 0 unspecified atom stereocenters. The lowest BCUT2D eigenvalue weighted by Crippen LogP contribution is -2.17. The first-order valence-corrected chi connectivity index (χ1v) is 10.2. The molecular weight excluding hydrogens is 421 g/mol. The van der Waals surface area contributed by atoms with Crippen molar-refractivity contribution in [2.45, 2.75) is 19.0 Å². The summed E-state index contributed by atoms with van der Waals surface area (Å²) in [5.74, 6) is 6.48. The highest BCUT2D eigenvalue weighted by Crippen LogP contribution is 2.22. The number of benzene rings is 2. The summed E-state index contributed by atoms with van der Waals surface area (Å²) in [5, 5.41) is 15.3. The Bertz CT molecular complexity index is 1100. The number of hydrazone groups is 1. The third-order valence-corrected chi connectivity index (χ3v) is 5.23. The van der Waals surface area contributed by atoms with Gasteiger partial charge in [-0.05, 0) is 55.3 Å². The van der Waals surface area contributed by atoms with Crippen molar-refractivity contribution in [2.24, 2.45) is 5.10 Å². The number of rotatable bonds is 8. The minimum atomic E-state index is -0.320. The van der Waals surface area contributed by atoms with Crippen molar-refractivity contribution < 1.29 is 13.9 Å². The van der Waals surface area contributed by atoms with E-state index in [1.54, 1.807) is 38.3 Å². The maximum absolute atomic E-state index is 13.0. The second-order valence-corrected chi connectivity index (χ2v) is 7.45. The fourth-order valence-corrected chi connectivity index (χ4v) is 3.22. The van der Waals surface area contributed by atoms with Crippen LogP contribution >= 0.6 is 11.8 Å². The molecule has 162 valence electrons. The van der Waals surface area contributed by atoms with Crippen LogP contribution in [-0.4, -0.2) is 39.4 Å². The van der Waals surface area contributed by atoms with Gasteiger partial charge in [0.1, 0.15) is 11.6 Å². The van der Waals surface area contributed by atoms with Crippen LogP contribution in [-0.2, 0) is 4.79 Å². The SMILES string of the molecule is COc1ccc(NC(=O)CSc2nnc(N/N=C(\C)c3ccc(F)cc3)n2N)c(C)c1. The number of nitrogens with zero attached hydrogens (tertiary/aromatic N) is 4. The molecular formula is C20H22FN7O2S. The number of anilines is 2. The molecule has 3 aromatic rings. The number of nitrogen functional groups attached to an aromatic ring is 1. The smallest absolute Gasteiger partial charge is 0.264 e. The maximum Gasteiger partial charge on any atom is 0.264 e. The van der Waals surface area contributed by atoms with Gasteiger partial charge in [0.15, 0.2) is 0 Å². The minimum absolute atomic E-state index is 0.0959. The molecule has 9 nitrogen and oxygen atoms in total. The Labute approximate surface area is 182 Å². The topological polar surface area (TPSA) is 119 Å². The van der Waals surface area contributed by atoms with Gasteiger partial charge < -0.3 is 15.9 Å². The van der Waals surface area contributed by atoms with Crippen LogP contribution in [0.3, 0.4) is 0 Å². The van der Waals surface area contributed by atoms with E-state index in [0.717, 1.165) is 28.6 Å². The van der Waals surface area contributed by atoms with Gasteiger partial charge in [0.05, 0.1) is 18.6 Å². The molecule has 0 aliphatic rings. The van der Waals surface area contributed by atoms with Crippen molar-refractivity contribution >= 4 is 35.0 Å². The molecule has 1 aromatic heterocycles. The van der Waals surface area contributed by atoms with Gasteiger partial charge in [-0.1, -0.05) is 23.9 Å². The van der Waals surface area contributed by atoms with Crippen LogP contribution in [0.4, 0.5) is 16.0 Å². The first-order valence-electron chi connectivity index (χ1n) is 9.21. The van der Waals surface area contributed by atoms with Crippen molar-refractivity contribution in [3.63, 3.8) is 0 Å². The van der Waals surface area contributed by atoms with Crippen molar-refractivity contribution in [3.05, 3.63) is 59.4 Å². The number of halogens is 1. The normalized spacial score (nSPS) is 11.3. The number of nitrogens with one attached hydrogen (secondary N) is 2. The Morgan fingerprint density at radius 2 is 2.00 bits per heavy atom. The Balaban J connectivity index is 1.57. The van der Waals surface area contributed by atoms with Gasteiger partial charge in [0.2, 0.25) is 11.1 Å². The molecule has 0 fully saturated rings.